The Morgan fingerprint density at radius 1 is 1.00 bits per heavy atom. The zero-order valence-corrected chi connectivity index (χ0v) is 23.8. The number of pyridine rings is 2. The minimum atomic E-state index is -0.641. The lowest BCUT2D eigenvalue weighted by atomic mass is 10.2. The zero-order chi connectivity index (χ0) is 29.1. The van der Waals surface area contributed by atoms with Crippen LogP contribution < -0.4 is 25.8 Å². The fourth-order valence-corrected chi connectivity index (χ4v) is 4.49. The van der Waals surface area contributed by atoms with Crippen LogP contribution in [-0.2, 0) is 4.74 Å². The third kappa shape index (κ3) is 6.55. The van der Waals surface area contributed by atoms with Crippen molar-refractivity contribution in [1.29, 1.82) is 0 Å². The number of carbonyl (C=O) groups is 1. The molecule has 214 valence electrons. The van der Waals surface area contributed by atoms with Crippen LogP contribution in [0.25, 0.3) is 16.7 Å². The van der Waals surface area contributed by atoms with Crippen LogP contribution in [0.5, 0.6) is 5.75 Å². The van der Waals surface area contributed by atoms with Gasteiger partial charge in [0.25, 0.3) is 5.56 Å². The average Bonchev–Trinajstić information content (AvgIpc) is 2.92. The molecule has 0 unspecified atom stereocenters. The Kier molecular flexibility index (Phi) is 7.75. The summed E-state index contributed by atoms with van der Waals surface area (Å²) in [4.78, 5) is 43.6. The third-order valence-electron chi connectivity index (χ3n) is 6.53. The van der Waals surface area contributed by atoms with Gasteiger partial charge in [-0.05, 0) is 52.1 Å². The van der Waals surface area contributed by atoms with Crippen LogP contribution in [-0.4, -0.2) is 76.4 Å². The molecule has 0 atom stereocenters. The van der Waals surface area contributed by atoms with Gasteiger partial charge in [-0.3, -0.25) is 14.7 Å². The maximum atomic E-state index is 13.1. The lowest BCUT2D eigenvalue weighted by Gasteiger charge is -2.33. The SMILES string of the molecule is COc1cc(N2CCN(C)CC2)ncc1Nc1ncc2ccc(=O)n(-c3cccc(NC(=O)OC(C)(C)C)c3)c2n1. The first-order valence-corrected chi connectivity index (χ1v) is 13.3. The minimum absolute atomic E-state index is 0.271. The van der Waals surface area contributed by atoms with E-state index in [0.29, 0.717) is 33.8 Å². The molecule has 12 nitrogen and oxygen atoms in total. The predicted molar refractivity (Wildman–Crippen MR) is 159 cm³/mol. The van der Waals surface area contributed by atoms with Crippen LogP contribution in [0.15, 0.2) is 59.7 Å². The lowest BCUT2D eigenvalue weighted by Crippen LogP contribution is -2.44. The summed E-state index contributed by atoms with van der Waals surface area (Å²) in [6.45, 7) is 9.08. The molecule has 1 aliphatic rings. The van der Waals surface area contributed by atoms with E-state index in [9.17, 15) is 9.59 Å². The maximum Gasteiger partial charge on any atom is 0.412 e. The Bertz CT molecular complexity index is 1620. The number of rotatable bonds is 6. The molecule has 1 aromatic carbocycles. The van der Waals surface area contributed by atoms with E-state index in [-0.39, 0.29) is 11.5 Å². The van der Waals surface area contributed by atoms with Crippen molar-refractivity contribution in [2.24, 2.45) is 0 Å². The Labute approximate surface area is 237 Å². The van der Waals surface area contributed by atoms with Gasteiger partial charge < -0.3 is 24.6 Å². The van der Waals surface area contributed by atoms with Gasteiger partial charge in [0.05, 0.1) is 19.0 Å². The number of nitrogens with one attached hydrogen (secondary N) is 2. The summed E-state index contributed by atoms with van der Waals surface area (Å²) in [5.74, 6) is 1.71. The maximum absolute atomic E-state index is 13.1. The van der Waals surface area contributed by atoms with E-state index in [2.05, 4.69) is 42.4 Å². The molecule has 0 radical (unpaired) electrons. The van der Waals surface area contributed by atoms with Gasteiger partial charge in [-0.25, -0.2) is 14.8 Å². The van der Waals surface area contributed by atoms with Crippen LogP contribution in [0.2, 0.25) is 0 Å². The van der Waals surface area contributed by atoms with E-state index in [1.54, 1.807) is 70.6 Å². The van der Waals surface area contributed by atoms with E-state index >= 15 is 0 Å². The molecule has 0 bridgehead atoms. The van der Waals surface area contributed by atoms with E-state index in [0.717, 1.165) is 32.0 Å². The highest BCUT2D eigenvalue weighted by Crippen LogP contribution is 2.30. The standard InChI is InChI=1S/C29H34N8O4/c1-29(2,3)41-28(39)32-20-7-6-8-21(15-20)37-25(38)10-9-19-17-31-27(34-26(19)37)33-22-18-30-24(16-23(22)40-5)36-13-11-35(4)12-14-36/h6-10,15-18H,11-14H2,1-5H3,(H,32,39)(H,31,33,34). The molecule has 5 rings (SSSR count). The number of likely N-dealkylation sites (N-methyl/N-ethyl adjacent to an activating group) is 1. The minimum Gasteiger partial charge on any atom is -0.494 e. The number of amides is 1. The monoisotopic (exact) mass is 558 g/mol. The number of hydrogen-bond donors (Lipinski definition) is 2. The van der Waals surface area contributed by atoms with Crippen molar-refractivity contribution in [3.63, 3.8) is 0 Å². The quantitative estimate of drug-likeness (QED) is 0.358. The molecule has 1 fully saturated rings. The van der Waals surface area contributed by atoms with Crippen LogP contribution in [0.4, 0.5) is 27.9 Å². The van der Waals surface area contributed by atoms with Crippen molar-refractivity contribution in [2.45, 2.75) is 26.4 Å². The van der Waals surface area contributed by atoms with E-state index in [1.807, 2.05) is 6.07 Å². The molecule has 1 saturated heterocycles. The molecule has 41 heavy (non-hydrogen) atoms. The number of nitrogens with zero attached hydrogens (tertiary/aromatic N) is 6. The Balaban J connectivity index is 1.44. The molecule has 0 aliphatic carbocycles. The molecule has 4 heterocycles. The van der Waals surface area contributed by atoms with Crippen LogP contribution in [0.3, 0.4) is 0 Å². The van der Waals surface area contributed by atoms with Gasteiger partial charge in [-0.15, -0.1) is 0 Å². The number of piperazine rings is 1. The second kappa shape index (κ2) is 11.4. The molecule has 4 aromatic rings. The van der Waals surface area contributed by atoms with Gasteiger partial charge >= 0.3 is 6.09 Å². The van der Waals surface area contributed by atoms with Gasteiger partial charge in [0, 0.05) is 55.6 Å². The molecule has 2 N–H and O–H groups in total. The highest BCUT2D eigenvalue weighted by molar-refractivity contribution is 5.85. The molecular weight excluding hydrogens is 524 g/mol. The van der Waals surface area contributed by atoms with Crippen molar-refractivity contribution in [1.82, 2.24) is 24.4 Å². The molecule has 3 aromatic heterocycles. The van der Waals surface area contributed by atoms with Crippen LogP contribution in [0.1, 0.15) is 20.8 Å². The first kappa shape index (κ1) is 27.8. The summed E-state index contributed by atoms with van der Waals surface area (Å²) >= 11 is 0. The van der Waals surface area contributed by atoms with Crippen molar-refractivity contribution in [3.8, 4) is 11.4 Å². The Hall–Kier alpha value is -4.71. The zero-order valence-electron chi connectivity index (χ0n) is 23.8. The number of methoxy groups -OCH3 is 1. The van der Waals surface area contributed by atoms with Gasteiger partial charge in [0.2, 0.25) is 5.95 Å². The van der Waals surface area contributed by atoms with Gasteiger partial charge in [-0.1, -0.05) is 6.07 Å². The average molecular weight is 559 g/mol. The lowest BCUT2D eigenvalue weighted by molar-refractivity contribution is 0.0636. The van der Waals surface area contributed by atoms with E-state index in [4.69, 9.17) is 9.47 Å². The number of hydrogen-bond acceptors (Lipinski definition) is 10. The first-order chi connectivity index (χ1) is 19.6. The fraction of sp³-hybridized carbons (Fsp3) is 0.345. The first-order valence-electron chi connectivity index (χ1n) is 13.3. The number of ether oxygens (including phenoxy) is 2. The molecular formula is C29H34N8O4. The van der Waals surface area contributed by atoms with E-state index < -0.39 is 11.7 Å². The number of aromatic nitrogens is 4. The van der Waals surface area contributed by atoms with Crippen molar-refractivity contribution in [2.75, 3.05) is 55.9 Å². The van der Waals surface area contributed by atoms with Gasteiger partial charge in [0.15, 0.2) is 5.65 Å². The number of carbonyl (C=O) groups excluding carboxylic acids is 1. The predicted octanol–water partition coefficient (Wildman–Crippen LogP) is 4.03. The summed E-state index contributed by atoms with van der Waals surface area (Å²) in [6, 6.07) is 11.9. The molecule has 12 heteroatoms. The molecule has 0 saturated carbocycles. The number of benzene rings is 1. The largest absolute Gasteiger partial charge is 0.494 e. The normalized spacial score (nSPS) is 14.1. The van der Waals surface area contributed by atoms with Crippen LogP contribution in [0, 0.1) is 0 Å². The highest BCUT2D eigenvalue weighted by Gasteiger charge is 2.19. The summed E-state index contributed by atoms with van der Waals surface area (Å²) in [5, 5.41) is 6.56. The summed E-state index contributed by atoms with van der Waals surface area (Å²) in [5.41, 5.74) is 1.06. The van der Waals surface area contributed by atoms with Gasteiger partial charge in [-0.2, -0.15) is 4.98 Å². The third-order valence-corrected chi connectivity index (χ3v) is 6.53. The molecule has 0 spiro atoms. The fourth-order valence-electron chi connectivity index (χ4n) is 4.49. The topological polar surface area (TPSA) is 127 Å². The van der Waals surface area contributed by atoms with Crippen LogP contribution >= 0.6 is 0 Å². The van der Waals surface area contributed by atoms with Crippen molar-refractivity contribution >= 4 is 40.3 Å². The molecule has 1 amide bonds. The van der Waals surface area contributed by atoms with E-state index in [1.165, 1.54) is 10.6 Å². The number of anilines is 4. The number of fused-ring (bicyclic) bond motifs is 1. The molecule has 1 aliphatic heterocycles. The smallest absolute Gasteiger partial charge is 0.412 e. The Morgan fingerprint density at radius 3 is 2.51 bits per heavy atom. The summed E-state index contributed by atoms with van der Waals surface area (Å²) < 4.78 is 12.5. The second-order valence-corrected chi connectivity index (χ2v) is 10.8. The second-order valence-electron chi connectivity index (χ2n) is 10.8. The highest BCUT2D eigenvalue weighted by atomic mass is 16.6. The summed E-state index contributed by atoms with van der Waals surface area (Å²) in [6.07, 6.45) is 2.75. The van der Waals surface area contributed by atoms with Crippen molar-refractivity contribution in [3.05, 3.63) is 65.2 Å². The summed E-state index contributed by atoms with van der Waals surface area (Å²) in [7, 11) is 3.71. The van der Waals surface area contributed by atoms with Crippen molar-refractivity contribution < 1.29 is 14.3 Å². The Morgan fingerprint density at radius 2 is 1.78 bits per heavy atom. The van der Waals surface area contributed by atoms with Gasteiger partial charge in [0.1, 0.15) is 22.9 Å².